The summed E-state index contributed by atoms with van der Waals surface area (Å²) in [5.41, 5.74) is 2.91. The number of thioether (sulfide) groups is 1. The first-order valence-corrected chi connectivity index (χ1v) is 16.4. The molecule has 13 heteroatoms. The molecule has 5 aromatic rings. The van der Waals surface area contributed by atoms with Crippen molar-refractivity contribution in [2.24, 2.45) is 0 Å². The van der Waals surface area contributed by atoms with Crippen molar-refractivity contribution in [1.29, 1.82) is 0 Å². The summed E-state index contributed by atoms with van der Waals surface area (Å²) in [6.45, 7) is 2.01. The molecule has 1 atom stereocenters. The molecule has 0 spiro atoms. The Balaban J connectivity index is 1.38. The summed E-state index contributed by atoms with van der Waals surface area (Å²) < 4.78 is 0. The van der Waals surface area contributed by atoms with E-state index in [1.165, 1.54) is 23.1 Å². The zero-order valence-electron chi connectivity index (χ0n) is 23.1. The van der Waals surface area contributed by atoms with Crippen molar-refractivity contribution < 1.29 is 19.5 Å². The van der Waals surface area contributed by atoms with Crippen molar-refractivity contribution in [1.82, 2.24) is 4.98 Å². The molecule has 4 aromatic carbocycles. The lowest BCUT2D eigenvalue weighted by atomic mass is 10.1. The number of aryl methyl sites for hydroxylation is 1. The molecule has 0 radical (unpaired) electrons. The summed E-state index contributed by atoms with van der Waals surface area (Å²) in [6, 6.07) is 24.0. The van der Waals surface area contributed by atoms with E-state index in [-0.39, 0.29) is 21.0 Å². The van der Waals surface area contributed by atoms with Crippen LogP contribution < -0.4 is 10.6 Å². The summed E-state index contributed by atoms with van der Waals surface area (Å²) in [5.74, 6) is -2.64. The van der Waals surface area contributed by atoms with Crippen LogP contribution in [0.25, 0.3) is 11.3 Å². The number of amides is 2. The molecule has 228 valence electrons. The minimum Gasteiger partial charge on any atom is -0.478 e. The number of carboxylic acids is 1. The van der Waals surface area contributed by atoms with E-state index in [2.05, 4.69) is 15.6 Å². The molecular weight excluding hydrogens is 696 g/mol. The standard InChI is InChI=1S/C32H21Cl4N3O4S2/c1-16-10-12-17(13-11-16)21-15-44-32(38-21)39-30(41)28(18-6-3-2-4-7-18)45-20-9-5-8-19(14-20)37-29(40)22-23(31(42)43)25(34)27(36)26(35)24(22)33/h2-15,28H,1H3,(H,37,40)(H,42,43)(H,38,39,41). The molecule has 45 heavy (non-hydrogen) atoms. The number of carboxylic acid groups (broad SMARTS) is 1. The number of thiazole rings is 1. The van der Waals surface area contributed by atoms with Crippen LogP contribution in [-0.4, -0.2) is 27.9 Å². The topological polar surface area (TPSA) is 108 Å². The Morgan fingerprint density at radius 3 is 2.16 bits per heavy atom. The Hall–Kier alpha value is -3.57. The lowest BCUT2D eigenvalue weighted by Crippen LogP contribution is -2.19. The number of nitrogens with zero attached hydrogens (tertiary/aromatic N) is 1. The molecule has 3 N–H and O–H groups in total. The largest absolute Gasteiger partial charge is 0.478 e. The number of aromatic carboxylic acids is 1. The number of carbonyl (C=O) groups is 3. The second-order valence-electron chi connectivity index (χ2n) is 9.59. The molecule has 7 nitrogen and oxygen atoms in total. The van der Waals surface area contributed by atoms with Gasteiger partial charge in [-0.15, -0.1) is 23.1 Å². The average Bonchev–Trinajstić information content (AvgIpc) is 3.49. The van der Waals surface area contributed by atoms with Gasteiger partial charge in [0.25, 0.3) is 5.91 Å². The molecule has 0 fully saturated rings. The molecule has 1 unspecified atom stereocenters. The van der Waals surface area contributed by atoms with Gasteiger partial charge in [-0.3, -0.25) is 9.59 Å². The summed E-state index contributed by atoms with van der Waals surface area (Å²) >= 11 is 27.1. The number of nitrogens with one attached hydrogen (secondary N) is 2. The highest BCUT2D eigenvalue weighted by molar-refractivity contribution is 8.00. The third kappa shape index (κ3) is 7.47. The van der Waals surface area contributed by atoms with Crippen molar-refractivity contribution in [2.45, 2.75) is 17.1 Å². The van der Waals surface area contributed by atoms with Crippen LogP contribution in [-0.2, 0) is 4.79 Å². The summed E-state index contributed by atoms with van der Waals surface area (Å²) in [4.78, 5) is 44.1. The number of anilines is 2. The lowest BCUT2D eigenvalue weighted by molar-refractivity contribution is -0.115. The number of aromatic nitrogens is 1. The third-order valence-corrected chi connectivity index (χ3v) is 10.3. The van der Waals surface area contributed by atoms with Gasteiger partial charge in [0, 0.05) is 21.5 Å². The highest BCUT2D eigenvalue weighted by atomic mass is 35.5. The minimum absolute atomic E-state index is 0.245. The van der Waals surface area contributed by atoms with Crippen molar-refractivity contribution in [3.8, 4) is 11.3 Å². The van der Waals surface area contributed by atoms with Gasteiger partial charge in [0.15, 0.2) is 5.13 Å². The molecule has 1 aromatic heterocycles. The number of rotatable bonds is 9. The van der Waals surface area contributed by atoms with Gasteiger partial charge in [-0.1, -0.05) is 113 Å². The van der Waals surface area contributed by atoms with Crippen molar-refractivity contribution >= 4 is 98.1 Å². The first-order valence-electron chi connectivity index (χ1n) is 13.1. The van der Waals surface area contributed by atoms with E-state index in [9.17, 15) is 19.5 Å². The van der Waals surface area contributed by atoms with E-state index in [0.29, 0.717) is 15.7 Å². The van der Waals surface area contributed by atoms with Crippen molar-refractivity contribution in [3.05, 3.63) is 127 Å². The van der Waals surface area contributed by atoms with E-state index in [0.717, 1.165) is 22.4 Å². The minimum atomic E-state index is -1.50. The van der Waals surface area contributed by atoms with E-state index < -0.39 is 33.3 Å². The van der Waals surface area contributed by atoms with Gasteiger partial charge in [-0.05, 0) is 30.7 Å². The number of halogens is 4. The molecule has 2 amide bonds. The monoisotopic (exact) mass is 715 g/mol. The fraction of sp³-hybridized carbons (Fsp3) is 0.0625. The van der Waals surface area contributed by atoms with Gasteiger partial charge in [0.05, 0.1) is 36.9 Å². The van der Waals surface area contributed by atoms with E-state index >= 15 is 0 Å². The SMILES string of the molecule is Cc1ccc(-c2csc(NC(=O)C(Sc3cccc(NC(=O)c4c(Cl)c(Cl)c(Cl)c(Cl)c4C(=O)O)c3)c3ccccc3)n2)cc1. The Labute approximate surface area is 286 Å². The lowest BCUT2D eigenvalue weighted by Gasteiger charge is -2.17. The van der Waals surface area contributed by atoms with Gasteiger partial charge < -0.3 is 15.7 Å². The van der Waals surface area contributed by atoms with Gasteiger partial charge in [0.2, 0.25) is 5.91 Å². The molecule has 0 aliphatic rings. The fourth-order valence-electron chi connectivity index (χ4n) is 4.28. The molecule has 0 aliphatic heterocycles. The normalized spacial score (nSPS) is 11.6. The molecular formula is C32H21Cl4N3O4S2. The molecule has 0 aliphatic carbocycles. The second-order valence-corrected chi connectivity index (χ2v) is 13.1. The first-order chi connectivity index (χ1) is 21.5. The van der Waals surface area contributed by atoms with Crippen molar-refractivity contribution in [2.75, 3.05) is 10.6 Å². The Kier molecular flexibility index (Phi) is 10.4. The van der Waals surface area contributed by atoms with Crippen LogP contribution in [0.15, 0.2) is 89.1 Å². The molecule has 1 heterocycles. The highest BCUT2D eigenvalue weighted by Gasteiger charge is 2.29. The second kappa shape index (κ2) is 14.2. The first kappa shape index (κ1) is 32.8. The Morgan fingerprint density at radius 1 is 0.822 bits per heavy atom. The van der Waals surface area contributed by atoms with Crippen molar-refractivity contribution in [3.63, 3.8) is 0 Å². The maximum atomic E-state index is 13.6. The highest BCUT2D eigenvalue weighted by Crippen LogP contribution is 2.42. The van der Waals surface area contributed by atoms with Crippen LogP contribution in [0, 0.1) is 6.92 Å². The van der Waals surface area contributed by atoms with Crippen LogP contribution in [0.1, 0.15) is 37.1 Å². The van der Waals surface area contributed by atoms with Crippen LogP contribution in [0.3, 0.4) is 0 Å². The van der Waals surface area contributed by atoms with Crippen LogP contribution in [0.2, 0.25) is 20.1 Å². The van der Waals surface area contributed by atoms with E-state index in [1.54, 1.807) is 24.3 Å². The molecule has 0 saturated carbocycles. The van der Waals surface area contributed by atoms with Crippen LogP contribution in [0.5, 0.6) is 0 Å². The van der Waals surface area contributed by atoms with Gasteiger partial charge in [0.1, 0.15) is 5.25 Å². The zero-order valence-corrected chi connectivity index (χ0v) is 27.8. The fourth-order valence-corrected chi connectivity index (χ4v) is 7.11. The Bertz CT molecular complexity index is 1920. The number of carbonyl (C=O) groups excluding carboxylic acids is 2. The maximum absolute atomic E-state index is 13.6. The molecule has 5 rings (SSSR count). The number of hydrogen-bond donors (Lipinski definition) is 3. The smallest absolute Gasteiger partial charge is 0.338 e. The summed E-state index contributed by atoms with van der Waals surface area (Å²) in [7, 11) is 0. The molecule has 0 bridgehead atoms. The van der Waals surface area contributed by atoms with Gasteiger partial charge >= 0.3 is 5.97 Å². The Morgan fingerprint density at radius 2 is 1.49 bits per heavy atom. The van der Waals surface area contributed by atoms with Gasteiger partial charge in [-0.2, -0.15) is 0 Å². The van der Waals surface area contributed by atoms with E-state index in [1.807, 2.05) is 66.9 Å². The molecule has 0 saturated heterocycles. The number of hydrogen-bond acceptors (Lipinski definition) is 6. The third-order valence-electron chi connectivity index (χ3n) is 6.48. The summed E-state index contributed by atoms with van der Waals surface area (Å²) in [5, 5.41) is 15.7. The van der Waals surface area contributed by atoms with Crippen LogP contribution >= 0.6 is 69.5 Å². The summed E-state index contributed by atoms with van der Waals surface area (Å²) in [6.07, 6.45) is 0. The maximum Gasteiger partial charge on any atom is 0.338 e. The quantitative estimate of drug-likeness (QED) is 0.0796. The number of benzene rings is 4. The van der Waals surface area contributed by atoms with Gasteiger partial charge in [-0.25, -0.2) is 9.78 Å². The predicted molar refractivity (Wildman–Crippen MR) is 184 cm³/mol. The predicted octanol–water partition coefficient (Wildman–Crippen LogP) is 10.2. The zero-order chi connectivity index (χ0) is 32.2. The van der Waals surface area contributed by atoms with Crippen LogP contribution in [0.4, 0.5) is 10.8 Å². The average molecular weight is 717 g/mol. The van der Waals surface area contributed by atoms with E-state index in [4.69, 9.17) is 46.4 Å².